The highest BCUT2D eigenvalue weighted by Gasteiger charge is 2.22. The van der Waals surface area contributed by atoms with E-state index >= 15 is 0 Å². The number of aryl methyl sites for hydroxylation is 4. The fourth-order valence-corrected chi connectivity index (χ4v) is 3.44. The highest BCUT2D eigenvalue weighted by molar-refractivity contribution is 5.83. The number of fused-ring (bicyclic) bond motifs is 2. The predicted octanol–water partition coefficient (Wildman–Crippen LogP) is 2.82. The zero-order chi connectivity index (χ0) is 19.5. The van der Waals surface area contributed by atoms with Crippen LogP contribution in [0.25, 0.3) is 28.2 Å². The maximum absolute atomic E-state index is 12.7. The molecule has 0 N–H and O–H groups in total. The quantitative estimate of drug-likeness (QED) is 0.490. The van der Waals surface area contributed by atoms with Crippen molar-refractivity contribution < 1.29 is 0 Å². The van der Waals surface area contributed by atoms with Gasteiger partial charge >= 0.3 is 5.69 Å². The maximum Gasteiger partial charge on any atom is 0.352 e. The normalized spacial score (nSPS) is 11.4. The third-order valence-electron chi connectivity index (χ3n) is 4.95. The van der Waals surface area contributed by atoms with Crippen LogP contribution in [0, 0.1) is 27.7 Å². The SMILES string of the molecule is Cc1cc(C)cc(-n2c3nc(=O)n(C)c(=O)c-3nc3cc(C)c(C)cc32)c1. The number of aromatic nitrogens is 4. The van der Waals surface area contributed by atoms with Crippen molar-refractivity contribution in [1.29, 1.82) is 0 Å². The van der Waals surface area contributed by atoms with Gasteiger partial charge in [0.1, 0.15) is 0 Å². The molecule has 2 aliphatic heterocycles. The minimum absolute atomic E-state index is 0.187. The molecule has 6 heteroatoms. The van der Waals surface area contributed by atoms with Gasteiger partial charge in [-0.05, 0) is 74.2 Å². The standard InChI is InChI=1S/C21H20N4O2/c1-11-6-12(2)8-15(7-11)25-17-10-14(4)13(3)9-16(17)22-18-19(25)23-21(27)24(5)20(18)26/h6-10H,1-5H3. The second kappa shape index (κ2) is 5.87. The van der Waals surface area contributed by atoms with E-state index in [1.165, 1.54) is 7.05 Å². The lowest BCUT2D eigenvalue weighted by molar-refractivity contribution is 0.759. The summed E-state index contributed by atoms with van der Waals surface area (Å²) in [5, 5.41) is 0. The van der Waals surface area contributed by atoms with E-state index in [1.807, 2.05) is 56.5 Å². The number of hydrogen-bond donors (Lipinski definition) is 0. The molecule has 0 spiro atoms. The van der Waals surface area contributed by atoms with Gasteiger partial charge in [0.25, 0.3) is 5.56 Å². The molecule has 0 saturated carbocycles. The molecule has 27 heavy (non-hydrogen) atoms. The molecule has 0 bridgehead atoms. The van der Waals surface area contributed by atoms with Crippen LogP contribution >= 0.6 is 0 Å². The molecule has 136 valence electrons. The Bertz CT molecular complexity index is 1290. The third-order valence-corrected chi connectivity index (χ3v) is 4.95. The molecule has 2 aromatic carbocycles. The lowest BCUT2D eigenvalue weighted by Crippen LogP contribution is -2.36. The van der Waals surface area contributed by atoms with Gasteiger partial charge in [-0.15, -0.1) is 0 Å². The summed E-state index contributed by atoms with van der Waals surface area (Å²) in [5.41, 5.74) is 5.90. The Labute approximate surface area is 156 Å². The second-order valence-corrected chi connectivity index (χ2v) is 7.15. The summed E-state index contributed by atoms with van der Waals surface area (Å²) in [4.78, 5) is 33.7. The van der Waals surface area contributed by atoms with Gasteiger partial charge in [0.2, 0.25) is 0 Å². The molecule has 6 nitrogen and oxygen atoms in total. The number of benzene rings is 2. The van der Waals surface area contributed by atoms with E-state index in [0.717, 1.165) is 38.0 Å². The fourth-order valence-electron chi connectivity index (χ4n) is 3.44. The van der Waals surface area contributed by atoms with Crippen molar-refractivity contribution in [3.8, 4) is 17.2 Å². The predicted molar refractivity (Wildman–Crippen MR) is 106 cm³/mol. The summed E-state index contributed by atoms with van der Waals surface area (Å²) in [5.74, 6) is 0.281. The van der Waals surface area contributed by atoms with Gasteiger partial charge < -0.3 is 0 Å². The first-order valence-corrected chi connectivity index (χ1v) is 8.75. The molecule has 0 fully saturated rings. The van der Waals surface area contributed by atoms with Gasteiger partial charge in [-0.25, -0.2) is 9.78 Å². The zero-order valence-electron chi connectivity index (χ0n) is 16.0. The molecule has 0 aliphatic carbocycles. The molecule has 0 unspecified atom stereocenters. The highest BCUT2D eigenvalue weighted by atomic mass is 16.2. The van der Waals surface area contributed by atoms with Crippen molar-refractivity contribution in [3.05, 3.63) is 73.4 Å². The van der Waals surface area contributed by atoms with Crippen molar-refractivity contribution in [1.82, 2.24) is 19.1 Å². The van der Waals surface area contributed by atoms with Crippen LogP contribution < -0.4 is 11.2 Å². The zero-order valence-corrected chi connectivity index (χ0v) is 16.0. The van der Waals surface area contributed by atoms with Crippen molar-refractivity contribution >= 4 is 11.0 Å². The van der Waals surface area contributed by atoms with E-state index in [0.29, 0.717) is 5.52 Å². The van der Waals surface area contributed by atoms with Crippen molar-refractivity contribution in [2.75, 3.05) is 0 Å². The minimum Gasteiger partial charge on any atom is -0.291 e. The van der Waals surface area contributed by atoms with Crippen LogP contribution in [0.4, 0.5) is 0 Å². The summed E-state index contributed by atoms with van der Waals surface area (Å²) in [7, 11) is 1.42. The Kier molecular flexibility index (Phi) is 3.73. The molecule has 4 rings (SSSR count). The lowest BCUT2D eigenvalue weighted by atomic mass is 10.1. The first-order chi connectivity index (χ1) is 12.8. The molecule has 0 aromatic heterocycles. The van der Waals surface area contributed by atoms with E-state index in [1.54, 1.807) is 0 Å². The van der Waals surface area contributed by atoms with Crippen LogP contribution in [0.2, 0.25) is 0 Å². The highest BCUT2D eigenvalue weighted by Crippen LogP contribution is 2.28. The van der Waals surface area contributed by atoms with Crippen molar-refractivity contribution in [2.24, 2.45) is 7.05 Å². The summed E-state index contributed by atoms with van der Waals surface area (Å²) in [6.07, 6.45) is 0. The second-order valence-electron chi connectivity index (χ2n) is 7.15. The molecular formula is C21H20N4O2. The van der Waals surface area contributed by atoms with Crippen LogP contribution in [0.15, 0.2) is 39.9 Å². The van der Waals surface area contributed by atoms with Crippen LogP contribution in [0.5, 0.6) is 0 Å². The first kappa shape index (κ1) is 17.1. The number of hydrogen-bond acceptors (Lipinski definition) is 4. The molecular weight excluding hydrogens is 340 g/mol. The Hall–Kier alpha value is -3.28. The minimum atomic E-state index is -0.587. The van der Waals surface area contributed by atoms with Gasteiger partial charge in [0.15, 0.2) is 11.5 Å². The van der Waals surface area contributed by atoms with Crippen molar-refractivity contribution in [2.45, 2.75) is 27.7 Å². The topological polar surface area (TPSA) is 69.8 Å². The summed E-state index contributed by atoms with van der Waals surface area (Å²) >= 11 is 0. The van der Waals surface area contributed by atoms with E-state index in [9.17, 15) is 9.59 Å². The van der Waals surface area contributed by atoms with Gasteiger partial charge in [0.05, 0.1) is 11.0 Å². The monoisotopic (exact) mass is 360 g/mol. The van der Waals surface area contributed by atoms with Gasteiger partial charge in [-0.2, -0.15) is 4.98 Å². The van der Waals surface area contributed by atoms with E-state index in [-0.39, 0.29) is 11.5 Å². The van der Waals surface area contributed by atoms with Crippen LogP contribution in [-0.4, -0.2) is 19.1 Å². The Morgan fingerprint density at radius 2 is 1.44 bits per heavy atom. The maximum atomic E-state index is 12.7. The summed E-state index contributed by atoms with van der Waals surface area (Å²) in [6.45, 7) is 8.08. The van der Waals surface area contributed by atoms with E-state index < -0.39 is 11.2 Å². The smallest absolute Gasteiger partial charge is 0.291 e. The number of nitrogens with zero attached hydrogens (tertiary/aromatic N) is 4. The molecule has 0 saturated heterocycles. The van der Waals surface area contributed by atoms with Gasteiger partial charge in [-0.1, -0.05) is 6.07 Å². The largest absolute Gasteiger partial charge is 0.352 e. The molecule has 0 amide bonds. The van der Waals surface area contributed by atoms with Crippen molar-refractivity contribution in [3.63, 3.8) is 0 Å². The van der Waals surface area contributed by atoms with E-state index in [2.05, 4.69) is 16.0 Å². The average Bonchev–Trinajstić information content (AvgIpc) is 2.59. The molecule has 0 atom stereocenters. The molecule has 2 aromatic rings. The van der Waals surface area contributed by atoms with Crippen LogP contribution in [0.3, 0.4) is 0 Å². The summed E-state index contributed by atoms with van der Waals surface area (Å²) in [6, 6.07) is 10.1. The lowest BCUT2D eigenvalue weighted by Gasteiger charge is -2.19. The Morgan fingerprint density at radius 3 is 2.11 bits per heavy atom. The molecule has 0 radical (unpaired) electrons. The Balaban J connectivity index is 2.30. The third kappa shape index (κ3) is 2.65. The van der Waals surface area contributed by atoms with Gasteiger partial charge in [-0.3, -0.25) is 13.9 Å². The van der Waals surface area contributed by atoms with Crippen LogP contribution in [-0.2, 0) is 7.05 Å². The molecule has 2 heterocycles. The Morgan fingerprint density at radius 1 is 0.815 bits per heavy atom. The van der Waals surface area contributed by atoms with Gasteiger partial charge in [0, 0.05) is 12.7 Å². The van der Waals surface area contributed by atoms with E-state index in [4.69, 9.17) is 0 Å². The first-order valence-electron chi connectivity index (χ1n) is 8.75. The fraction of sp³-hybridized carbons (Fsp3) is 0.238. The summed E-state index contributed by atoms with van der Waals surface area (Å²) < 4.78 is 2.86. The average molecular weight is 360 g/mol. The van der Waals surface area contributed by atoms with Crippen LogP contribution in [0.1, 0.15) is 22.3 Å². The molecule has 2 aliphatic rings. The number of rotatable bonds is 1.